The van der Waals surface area contributed by atoms with E-state index in [0.717, 1.165) is 19.3 Å². The fraction of sp³-hybridized carbons (Fsp3) is 0.867. The summed E-state index contributed by atoms with van der Waals surface area (Å²) in [5, 5.41) is 0. The van der Waals surface area contributed by atoms with E-state index in [4.69, 9.17) is 10.5 Å². The molecule has 1 aliphatic carbocycles. The third kappa shape index (κ3) is 3.67. The van der Waals surface area contributed by atoms with Crippen LogP contribution in [0.15, 0.2) is 0 Å². The van der Waals surface area contributed by atoms with Crippen LogP contribution in [-0.4, -0.2) is 60.6 Å². The Labute approximate surface area is 126 Å². The van der Waals surface area contributed by atoms with Gasteiger partial charge in [0.15, 0.2) is 0 Å². The van der Waals surface area contributed by atoms with Gasteiger partial charge in [0.25, 0.3) is 0 Å². The van der Waals surface area contributed by atoms with E-state index >= 15 is 0 Å². The van der Waals surface area contributed by atoms with Gasteiger partial charge in [0, 0.05) is 32.2 Å². The Kier molecular flexibility index (Phi) is 5.45. The lowest BCUT2D eigenvalue weighted by Gasteiger charge is -2.39. The van der Waals surface area contributed by atoms with Crippen molar-refractivity contribution in [3.8, 4) is 0 Å². The van der Waals surface area contributed by atoms with E-state index in [2.05, 4.69) is 6.92 Å². The first-order chi connectivity index (χ1) is 10.0. The van der Waals surface area contributed by atoms with Gasteiger partial charge in [-0.05, 0) is 25.7 Å². The van der Waals surface area contributed by atoms with Crippen LogP contribution in [0.2, 0.25) is 0 Å². The number of piperazine rings is 1. The smallest absolute Gasteiger partial charge is 0.409 e. The van der Waals surface area contributed by atoms with Crippen LogP contribution >= 0.6 is 0 Å². The van der Waals surface area contributed by atoms with Crippen molar-refractivity contribution >= 4 is 12.0 Å². The predicted octanol–water partition coefficient (Wildman–Crippen LogP) is 1.05. The summed E-state index contributed by atoms with van der Waals surface area (Å²) in [7, 11) is 0. The summed E-state index contributed by atoms with van der Waals surface area (Å²) in [6.07, 6.45) is 2.80. The van der Waals surface area contributed by atoms with Crippen molar-refractivity contribution < 1.29 is 14.3 Å². The van der Waals surface area contributed by atoms with Crippen molar-refractivity contribution in [2.45, 2.75) is 39.2 Å². The number of carbonyl (C=O) groups is 2. The van der Waals surface area contributed by atoms with Crippen LogP contribution in [0.1, 0.15) is 33.1 Å². The fourth-order valence-corrected chi connectivity index (χ4v) is 3.29. The van der Waals surface area contributed by atoms with Gasteiger partial charge in [-0.25, -0.2) is 4.79 Å². The lowest BCUT2D eigenvalue weighted by atomic mass is 9.77. The van der Waals surface area contributed by atoms with Gasteiger partial charge < -0.3 is 20.3 Å². The molecule has 120 valence electrons. The molecule has 2 amide bonds. The van der Waals surface area contributed by atoms with Crippen molar-refractivity contribution in [2.75, 3.05) is 32.8 Å². The molecule has 21 heavy (non-hydrogen) atoms. The van der Waals surface area contributed by atoms with E-state index in [9.17, 15) is 9.59 Å². The molecule has 1 saturated carbocycles. The molecule has 0 aromatic rings. The molecule has 0 spiro atoms. The van der Waals surface area contributed by atoms with Crippen molar-refractivity contribution in [3.63, 3.8) is 0 Å². The lowest BCUT2D eigenvalue weighted by Crippen LogP contribution is -2.55. The Bertz CT molecular complexity index is 380. The van der Waals surface area contributed by atoms with Crippen LogP contribution in [0, 0.1) is 11.8 Å². The number of nitrogens with two attached hydrogens (primary N) is 1. The zero-order chi connectivity index (χ0) is 15.4. The Morgan fingerprint density at radius 1 is 1.14 bits per heavy atom. The second-order valence-corrected chi connectivity index (χ2v) is 6.10. The van der Waals surface area contributed by atoms with Gasteiger partial charge in [0.05, 0.1) is 12.5 Å². The molecule has 0 aromatic heterocycles. The first-order valence-electron chi connectivity index (χ1n) is 8.00. The number of nitrogens with zero attached hydrogens (tertiary/aromatic N) is 2. The molecular weight excluding hydrogens is 270 g/mol. The van der Waals surface area contributed by atoms with E-state index in [1.54, 1.807) is 11.8 Å². The van der Waals surface area contributed by atoms with Crippen molar-refractivity contribution in [1.82, 2.24) is 9.80 Å². The Morgan fingerprint density at radius 3 is 2.38 bits per heavy atom. The van der Waals surface area contributed by atoms with Gasteiger partial charge in [-0.15, -0.1) is 0 Å². The van der Waals surface area contributed by atoms with E-state index in [1.807, 2.05) is 4.90 Å². The summed E-state index contributed by atoms with van der Waals surface area (Å²) in [4.78, 5) is 27.8. The normalized spacial score (nSPS) is 30.1. The zero-order valence-electron chi connectivity index (χ0n) is 13.1. The molecule has 1 heterocycles. The van der Waals surface area contributed by atoms with Crippen molar-refractivity contribution in [3.05, 3.63) is 0 Å². The topological polar surface area (TPSA) is 75.9 Å². The van der Waals surface area contributed by atoms with E-state index in [1.165, 1.54) is 0 Å². The average molecular weight is 297 g/mol. The number of hydrogen-bond donors (Lipinski definition) is 1. The maximum absolute atomic E-state index is 12.6. The highest BCUT2D eigenvalue weighted by molar-refractivity contribution is 5.80. The minimum atomic E-state index is -0.285. The second-order valence-electron chi connectivity index (χ2n) is 6.10. The number of hydrogen-bond acceptors (Lipinski definition) is 4. The van der Waals surface area contributed by atoms with E-state index in [0.29, 0.717) is 38.7 Å². The summed E-state index contributed by atoms with van der Waals surface area (Å²) in [5.41, 5.74) is 6.21. The van der Waals surface area contributed by atoms with Crippen molar-refractivity contribution in [1.29, 1.82) is 0 Å². The van der Waals surface area contributed by atoms with Crippen LogP contribution in [-0.2, 0) is 9.53 Å². The van der Waals surface area contributed by atoms with Crippen LogP contribution in [0.25, 0.3) is 0 Å². The third-order valence-electron chi connectivity index (χ3n) is 4.73. The molecule has 2 aliphatic rings. The molecule has 3 unspecified atom stereocenters. The molecule has 3 atom stereocenters. The first kappa shape index (κ1) is 16.1. The largest absolute Gasteiger partial charge is 0.450 e. The molecule has 2 N–H and O–H groups in total. The molecular formula is C15H27N3O3. The number of ether oxygens (including phenoxy) is 1. The standard InChI is InChI=1S/C15H27N3O3/c1-3-21-15(20)18-9-7-17(8-10-18)14(19)12-6-4-5-11(2)13(12)16/h11-13H,3-10,16H2,1-2H3. The number of carbonyl (C=O) groups excluding carboxylic acids is 2. The van der Waals surface area contributed by atoms with Crippen LogP contribution in [0.4, 0.5) is 4.79 Å². The minimum absolute atomic E-state index is 0.0330. The van der Waals surface area contributed by atoms with Crippen LogP contribution < -0.4 is 5.73 Å². The highest BCUT2D eigenvalue weighted by Crippen LogP contribution is 2.29. The van der Waals surface area contributed by atoms with Gasteiger partial charge in [-0.3, -0.25) is 4.79 Å². The maximum atomic E-state index is 12.6. The Balaban J connectivity index is 1.87. The molecule has 0 bridgehead atoms. The summed E-state index contributed by atoms with van der Waals surface area (Å²) in [6, 6.07) is -0.0330. The lowest BCUT2D eigenvalue weighted by molar-refractivity contribution is -0.139. The van der Waals surface area contributed by atoms with Gasteiger partial charge >= 0.3 is 6.09 Å². The van der Waals surface area contributed by atoms with Gasteiger partial charge in [-0.2, -0.15) is 0 Å². The van der Waals surface area contributed by atoms with Crippen LogP contribution in [0.3, 0.4) is 0 Å². The summed E-state index contributed by atoms with van der Waals surface area (Å²) >= 11 is 0. The van der Waals surface area contributed by atoms with Gasteiger partial charge in [-0.1, -0.05) is 13.3 Å². The third-order valence-corrected chi connectivity index (χ3v) is 4.73. The predicted molar refractivity (Wildman–Crippen MR) is 79.7 cm³/mol. The summed E-state index contributed by atoms with van der Waals surface area (Å²) in [5.74, 6) is 0.522. The zero-order valence-corrected chi connectivity index (χ0v) is 13.1. The quantitative estimate of drug-likeness (QED) is 0.826. The Morgan fingerprint density at radius 2 is 1.76 bits per heavy atom. The molecule has 6 heteroatoms. The monoisotopic (exact) mass is 297 g/mol. The minimum Gasteiger partial charge on any atom is -0.450 e. The van der Waals surface area contributed by atoms with E-state index < -0.39 is 0 Å². The molecule has 1 aliphatic heterocycles. The van der Waals surface area contributed by atoms with Gasteiger partial charge in [0.2, 0.25) is 5.91 Å². The second kappa shape index (κ2) is 7.11. The number of amides is 2. The highest BCUT2D eigenvalue weighted by Gasteiger charge is 2.36. The summed E-state index contributed by atoms with van der Waals surface area (Å²) in [6.45, 7) is 6.55. The molecule has 0 aromatic carbocycles. The average Bonchev–Trinajstić information content (AvgIpc) is 2.50. The van der Waals surface area contributed by atoms with E-state index in [-0.39, 0.29) is 24.0 Å². The number of rotatable bonds is 2. The molecule has 2 fully saturated rings. The van der Waals surface area contributed by atoms with Crippen LogP contribution in [0.5, 0.6) is 0 Å². The summed E-state index contributed by atoms with van der Waals surface area (Å²) < 4.78 is 4.99. The Hall–Kier alpha value is -1.30. The molecule has 2 rings (SSSR count). The molecule has 0 radical (unpaired) electrons. The fourth-order valence-electron chi connectivity index (χ4n) is 3.29. The molecule has 1 saturated heterocycles. The SMILES string of the molecule is CCOC(=O)N1CCN(C(=O)C2CCCC(C)C2N)CC1. The molecule has 6 nitrogen and oxygen atoms in total. The maximum Gasteiger partial charge on any atom is 0.409 e. The van der Waals surface area contributed by atoms with Crippen molar-refractivity contribution in [2.24, 2.45) is 17.6 Å². The van der Waals surface area contributed by atoms with Gasteiger partial charge in [0.1, 0.15) is 0 Å². The first-order valence-corrected chi connectivity index (χ1v) is 8.00. The highest BCUT2D eigenvalue weighted by atomic mass is 16.6.